The molecule has 1 fully saturated rings. The van der Waals surface area contributed by atoms with E-state index in [0.29, 0.717) is 0 Å². The Morgan fingerprint density at radius 1 is 1.40 bits per heavy atom. The maximum atomic E-state index is 13.0. The van der Waals surface area contributed by atoms with Crippen molar-refractivity contribution in [3.05, 3.63) is 30.1 Å². The van der Waals surface area contributed by atoms with Crippen molar-refractivity contribution < 1.29 is 4.39 Å². The van der Waals surface area contributed by atoms with Gasteiger partial charge in [-0.1, -0.05) is 6.07 Å². The molecule has 0 aromatic carbocycles. The van der Waals surface area contributed by atoms with Gasteiger partial charge in [-0.3, -0.25) is 9.88 Å². The summed E-state index contributed by atoms with van der Waals surface area (Å²) in [5.41, 5.74) is 0.835. The molecule has 0 amide bonds. The molecule has 2 heterocycles. The van der Waals surface area contributed by atoms with E-state index in [1.165, 1.54) is 0 Å². The SMILES string of the molecule is FC[C@@H](c1ccccn1)N1CCNCC1. The molecule has 1 aliphatic heterocycles. The molecule has 1 aromatic heterocycles. The molecule has 1 atom stereocenters. The quantitative estimate of drug-likeness (QED) is 0.805. The fourth-order valence-electron chi connectivity index (χ4n) is 1.93. The number of hydrogen-bond acceptors (Lipinski definition) is 3. The highest BCUT2D eigenvalue weighted by Gasteiger charge is 2.22. The molecule has 0 aliphatic carbocycles. The van der Waals surface area contributed by atoms with Crippen LogP contribution in [0, 0.1) is 0 Å². The molecule has 0 saturated carbocycles. The van der Waals surface area contributed by atoms with Gasteiger partial charge >= 0.3 is 0 Å². The predicted molar refractivity (Wildman–Crippen MR) is 57.4 cm³/mol. The van der Waals surface area contributed by atoms with Crippen LogP contribution < -0.4 is 5.32 Å². The standard InChI is InChI=1S/C11H16FN3/c12-9-11(10-3-1-2-4-14-10)15-7-5-13-6-8-15/h1-4,11,13H,5-9H2/t11-/m0/s1. The molecular formula is C11H16FN3. The summed E-state index contributed by atoms with van der Waals surface area (Å²) in [6.45, 7) is 3.29. The van der Waals surface area contributed by atoms with E-state index in [0.717, 1.165) is 31.9 Å². The second-order valence-corrected chi connectivity index (χ2v) is 3.71. The van der Waals surface area contributed by atoms with E-state index in [1.807, 2.05) is 18.2 Å². The summed E-state index contributed by atoms with van der Waals surface area (Å²) < 4.78 is 13.0. The van der Waals surface area contributed by atoms with E-state index in [2.05, 4.69) is 15.2 Å². The first-order valence-electron chi connectivity index (χ1n) is 5.33. The second kappa shape index (κ2) is 5.19. The van der Waals surface area contributed by atoms with Gasteiger partial charge in [-0.05, 0) is 12.1 Å². The lowest BCUT2D eigenvalue weighted by Crippen LogP contribution is -2.45. The first kappa shape index (κ1) is 10.5. The molecule has 1 saturated heterocycles. The second-order valence-electron chi connectivity index (χ2n) is 3.71. The zero-order chi connectivity index (χ0) is 10.5. The zero-order valence-electron chi connectivity index (χ0n) is 8.69. The van der Waals surface area contributed by atoms with Crippen LogP contribution in [0.3, 0.4) is 0 Å². The summed E-state index contributed by atoms with van der Waals surface area (Å²) in [5, 5.41) is 3.26. The molecule has 82 valence electrons. The molecule has 1 aliphatic rings. The summed E-state index contributed by atoms with van der Waals surface area (Å²) in [7, 11) is 0. The van der Waals surface area contributed by atoms with Crippen LogP contribution >= 0.6 is 0 Å². The van der Waals surface area contributed by atoms with Crippen molar-refractivity contribution in [2.24, 2.45) is 0 Å². The number of halogens is 1. The van der Waals surface area contributed by atoms with Crippen LogP contribution in [0.15, 0.2) is 24.4 Å². The number of hydrogen-bond donors (Lipinski definition) is 1. The Balaban J connectivity index is 2.09. The summed E-state index contributed by atoms with van der Waals surface area (Å²) in [4.78, 5) is 6.37. The van der Waals surface area contributed by atoms with Gasteiger partial charge in [-0.2, -0.15) is 0 Å². The minimum absolute atomic E-state index is 0.173. The van der Waals surface area contributed by atoms with Crippen molar-refractivity contribution in [2.75, 3.05) is 32.9 Å². The Bertz CT molecular complexity index is 285. The number of piperazine rings is 1. The van der Waals surface area contributed by atoms with E-state index >= 15 is 0 Å². The van der Waals surface area contributed by atoms with Crippen LogP contribution in [0.25, 0.3) is 0 Å². The number of nitrogens with zero attached hydrogens (tertiary/aromatic N) is 2. The van der Waals surface area contributed by atoms with E-state index in [9.17, 15) is 4.39 Å². The molecule has 0 radical (unpaired) electrons. The molecule has 0 bridgehead atoms. The fourth-order valence-corrected chi connectivity index (χ4v) is 1.93. The molecular weight excluding hydrogens is 193 g/mol. The largest absolute Gasteiger partial charge is 0.314 e. The molecule has 15 heavy (non-hydrogen) atoms. The van der Waals surface area contributed by atoms with Gasteiger partial charge in [0.15, 0.2) is 0 Å². The minimum atomic E-state index is -0.364. The molecule has 4 heteroatoms. The van der Waals surface area contributed by atoms with Crippen LogP contribution in [-0.4, -0.2) is 42.7 Å². The Hall–Kier alpha value is -1.00. The minimum Gasteiger partial charge on any atom is -0.314 e. The molecule has 0 spiro atoms. The van der Waals surface area contributed by atoms with Gasteiger partial charge in [0.2, 0.25) is 0 Å². The van der Waals surface area contributed by atoms with Crippen LogP contribution in [0.2, 0.25) is 0 Å². The average molecular weight is 209 g/mol. The zero-order valence-corrected chi connectivity index (χ0v) is 8.69. The van der Waals surface area contributed by atoms with Crippen molar-refractivity contribution in [1.82, 2.24) is 15.2 Å². The highest BCUT2D eigenvalue weighted by atomic mass is 19.1. The van der Waals surface area contributed by atoms with Crippen molar-refractivity contribution >= 4 is 0 Å². The summed E-state index contributed by atoms with van der Waals surface area (Å²) in [6.07, 6.45) is 1.72. The first-order chi connectivity index (χ1) is 7.42. The Morgan fingerprint density at radius 2 is 2.20 bits per heavy atom. The third-order valence-electron chi connectivity index (χ3n) is 2.77. The predicted octanol–water partition coefficient (Wildman–Crippen LogP) is 0.997. The molecule has 0 unspecified atom stereocenters. The molecule has 1 N–H and O–H groups in total. The Labute approximate surface area is 89.3 Å². The summed E-state index contributed by atoms with van der Waals surface area (Å²) in [6, 6.07) is 5.49. The van der Waals surface area contributed by atoms with Gasteiger partial charge in [-0.25, -0.2) is 4.39 Å². The van der Waals surface area contributed by atoms with Gasteiger partial charge in [0.05, 0.1) is 11.7 Å². The van der Waals surface area contributed by atoms with Gasteiger partial charge in [0, 0.05) is 32.4 Å². The number of pyridine rings is 1. The normalized spacial score (nSPS) is 20.1. The Morgan fingerprint density at radius 3 is 2.80 bits per heavy atom. The monoisotopic (exact) mass is 209 g/mol. The summed E-state index contributed by atoms with van der Waals surface area (Å²) in [5.74, 6) is 0. The summed E-state index contributed by atoms with van der Waals surface area (Å²) >= 11 is 0. The number of rotatable bonds is 3. The van der Waals surface area contributed by atoms with Crippen LogP contribution in [-0.2, 0) is 0 Å². The van der Waals surface area contributed by atoms with Crippen molar-refractivity contribution in [3.8, 4) is 0 Å². The number of aromatic nitrogens is 1. The van der Waals surface area contributed by atoms with E-state index in [4.69, 9.17) is 0 Å². The maximum Gasteiger partial charge on any atom is 0.111 e. The van der Waals surface area contributed by atoms with Gasteiger partial charge in [0.25, 0.3) is 0 Å². The smallest absolute Gasteiger partial charge is 0.111 e. The number of nitrogens with one attached hydrogen (secondary N) is 1. The molecule has 3 nitrogen and oxygen atoms in total. The maximum absolute atomic E-state index is 13.0. The highest BCUT2D eigenvalue weighted by Crippen LogP contribution is 2.19. The lowest BCUT2D eigenvalue weighted by Gasteiger charge is -2.32. The van der Waals surface area contributed by atoms with E-state index < -0.39 is 0 Å². The van der Waals surface area contributed by atoms with Crippen LogP contribution in [0.1, 0.15) is 11.7 Å². The Kier molecular flexibility index (Phi) is 3.64. The van der Waals surface area contributed by atoms with Gasteiger partial charge < -0.3 is 5.32 Å². The van der Waals surface area contributed by atoms with Gasteiger partial charge in [-0.15, -0.1) is 0 Å². The third-order valence-corrected chi connectivity index (χ3v) is 2.77. The van der Waals surface area contributed by atoms with Crippen molar-refractivity contribution in [1.29, 1.82) is 0 Å². The van der Waals surface area contributed by atoms with Crippen LogP contribution in [0.4, 0.5) is 4.39 Å². The average Bonchev–Trinajstić information content (AvgIpc) is 2.33. The lowest BCUT2D eigenvalue weighted by molar-refractivity contribution is 0.144. The highest BCUT2D eigenvalue weighted by molar-refractivity contribution is 5.09. The fraction of sp³-hybridized carbons (Fsp3) is 0.545. The molecule has 1 aromatic rings. The van der Waals surface area contributed by atoms with Crippen LogP contribution in [0.5, 0.6) is 0 Å². The van der Waals surface area contributed by atoms with E-state index in [-0.39, 0.29) is 12.7 Å². The lowest BCUT2D eigenvalue weighted by atomic mass is 10.1. The third kappa shape index (κ3) is 2.52. The first-order valence-corrected chi connectivity index (χ1v) is 5.33. The topological polar surface area (TPSA) is 28.2 Å². The van der Waals surface area contributed by atoms with Crippen molar-refractivity contribution in [2.45, 2.75) is 6.04 Å². The van der Waals surface area contributed by atoms with Crippen molar-refractivity contribution in [3.63, 3.8) is 0 Å². The molecule has 2 rings (SSSR count). The van der Waals surface area contributed by atoms with E-state index in [1.54, 1.807) is 6.20 Å². The number of alkyl halides is 1. The van der Waals surface area contributed by atoms with Gasteiger partial charge in [0.1, 0.15) is 6.67 Å².